The van der Waals surface area contributed by atoms with Crippen LogP contribution in [0.4, 0.5) is 0 Å². The van der Waals surface area contributed by atoms with E-state index >= 15 is 0 Å². The van der Waals surface area contributed by atoms with Crippen molar-refractivity contribution in [3.8, 4) is 17.1 Å². The molecule has 6 heteroatoms. The standard InChI is InChI=1S/C18H23N5O/c1-14(2)12-17-20-18(23(21-17)9-3-11-24)15-4-6-16(7-5-15)22-10-8-19-13-22/h4-8,10,13-14,24H,3,9,11-12H2,1-2H3. The van der Waals surface area contributed by atoms with Gasteiger partial charge in [0.2, 0.25) is 0 Å². The van der Waals surface area contributed by atoms with Crippen LogP contribution in [0, 0.1) is 5.92 Å². The van der Waals surface area contributed by atoms with E-state index in [-0.39, 0.29) is 6.61 Å². The fourth-order valence-corrected chi connectivity index (χ4v) is 2.63. The Morgan fingerprint density at radius 2 is 1.96 bits per heavy atom. The molecule has 3 aromatic rings. The number of aryl methyl sites for hydroxylation is 1. The van der Waals surface area contributed by atoms with E-state index in [0.29, 0.717) is 18.9 Å². The molecule has 3 rings (SSSR count). The molecule has 0 spiro atoms. The van der Waals surface area contributed by atoms with Crippen molar-refractivity contribution in [1.82, 2.24) is 24.3 Å². The number of hydrogen-bond acceptors (Lipinski definition) is 4. The number of hydrogen-bond donors (Lipinski definition) is 1. The number of rotatable bonds is 7. The summed E-state index contributed by atoms with van der Waals surface area (Å²) in [6, 6.07) is 8.19. The minimum atomic E-state index is 0.151. The lowest BCUT2D eigenvalue weighted by atomic mass is 10.1. The number of nitrogens with zero attached hydrogens (tertiary/aromatic N) is 5. The SMILES string of the molecule is CC(C)Cc1nc(-c2ccc(-n3ccnc3)cc2)n(CCCO)n1. The van der Waals surface area contributed by atoms with E-state index in [9.17, 15) is 0 Å². The minimum absolute atomic E-state index is 0.151. The van der Waals surface area contributed by atoms with Crippen molar-refractivity contribution in [3.05, 3.63) is 48.8 Å². The van der Waals surface area contributed by atoms with Crippen molar-refractivity contribution in [2.75, 3.05) is 6.61 Å². The number of aromatic nitrogens is 5. The summed E-state index contributed by atoms with van der Waals surface area (Å²) in [5.41, 5.74) is 2.08. The molecule has 2 aromatic heterocycles. The molecule has 0 unspecified atom stereocenters. The lowest BCUT2D eigenvalue weighted by Gasteiger charge is -2.06. The van der Waals surface area contributed by atoms with E-state index in [1.165, 1.54) is 0 Å². The lowest BCUT2D eigenvalue weighted by Crippen LogP contribution is -2.05. The molecule has 0 saturated carbocycles. The molecule has 0 fully saturated rings. The maximum Gasteiger partial charge on any atom is 0.158 e. The Hall–Kier alpha value is -2.47. The van der Waals surface area contributed by atoms with Crippen molar-refractivity contribution in [2.24, 2.45) is 5.92 Å². The Bertz CT molecular complexity index is 759. The van der Waals surface area contributed by atoms with Crippen molar-refractivity contribution in [1.29, 1.82) is 0 Å². The highest BCUT2D eigenvalue weighted by Gasteiger charge is 2.13. The van der Waals surface area contributed by atoms with Gasteiger partial charge in [-0.05, 0) is 36.6 Å². The van der Waals surface area contributed by atoms with E-state index < -0.39 is 0 Å². The second-order valence-electron chi connectivity index (χ2n) is 6.27. The molecule has 6 nitrogen and oxygen atoms in total. The zero-order valence-electron chi connectivity index (χ0n) is 14.1. The molecule has 1 N–H and O–H groups in total. The average molecular weight is 325 g/mol. The van der Waals surface area contributed by atoms with Gasteiger partial charge in [0.1, 0.15) is 0 Å². The third kappa shape index (κ3) is 3.71. The van der Waals surface area contributed by atoms with Crippen LogP contribution >= 0.6 is 0 Å². The molecule has 0 radical (unpaired) electrons. The lowest BCUT2D eigenvalue weighted by molar-refractivity contribution is 0.277. The second kappa shape index (κ2) is 7.40. The van der Waals surface area contributed by atoms with E-state index in [4.69, 9.17) is 10.1 Å². The monoisotopic (exact) mass is 325 g/mol. The molecule has 0 aliphatic rings. The third-order valence-electron chi connectivity index (χ3n) is 3.76. The highest BCUT2D eigenvalue weighted by molar-refractivity contribution is 5.57. The van der Waals surface area contributed by atoms with Crippen LogP contribution in [0.5, 0.6) is 0 Å². The summed E-state index contributed by atoms with van der Waals surface area (Å²) >= 11 is 0. The maximum absolute atomic E-state index is 9.11. The Morgan fingerprint density at radius 1 is 1.17 bits per heavy atom. The van der Waals surface area contributed by atoms with Crippen LogP contribution in [0.25, 0.3) is 17.1 Å². The Balaban J connectivity index is 1.90. The van der Waals surface area contributed by atoms with Crippen molar-refractivity contribution in [3.63, 3.8) is 0 Å². The molecule has 0 saturated heterocycles. The van der Waals surface area contributed by atoms with Crippen LogP contribution in [-0.4, -0.2) is 36.0 Å². The molecule has 0 aliphatic carbocycles. The molecule has 0 bridgehead atoms. The topological polar surface area (TPSA) is 68.8 Å². The highest BCUT2D eigenvalue weighted by Crippen LogP contribution is 2.21. The molecule has 126 valence electrons. The number of aliphatic hydroxyl groups is 1. The third-order valence-corrected chi connectivity index (χ3v) is 3.76. The fraction of sp³-hybridized carbons (Fsp3) is 0.389. The van der Waals surface area contributed by atoms with Crippen molar-refractivity contribution >= 4 is 0 Å². The van der Waals surface area contributed by atoms with Gasteiger partial charge in [-0.2, -0.15) is 5.10 Å². The molecule has 0 aliphatic heterocycles. The minimum Gasteiger partial charge on any atom is -0.396 e. The van der Waals surface area contributed by atoms with Crippen LogP contribution in [0.1, 0.15) is 26.1 Å². The Kier molecular flexibility index (Phi) is 5.05. The van der Waals surface area contributed by atoms with Crippen molar-refractivity contribution in [2.45, 2.75) is 33.2 Å². The first-order valence-electron chi connectivity index (χ1n) is 8.30. The zero-order chi connectivity index (χ0) is 16.9. The molecule has 0 amide bonds. The summed E-state index contributed by atoms with van der Waals surface area (Å²) in [6.07, 6.45) is 6.98. The van der Waals surface area contributed by atoms with Crippen molar-refractivity contribution < 1.29 is 5.11 Å². The number of benzene rings is 1. The predicted molar refractivity (Wildman–Crippen MR) is 92.8 cm³/mol. The molecule has 24 heavy (non-hydrogen) atoms. The second-order valence-corrected chi connectivity index (χ2v) is 6.27. The zero-order valence-corrected chi connectivity index (χ0v) is 14.1. The van der Waals surface area contributed by atoms with Gasteiger partial charge in [-0.3, -0.25) is 0 Å². The average Bonchev–Trinajstić information content (AvgIpc) is 3.22. The van der Waals surface area contributed by atoms with Gasteiger partial charge in [-0.25, -0.2) is 14.6 Å². The summed E-state index contributed by atoms with van der Waals surface area (Å²) in [5, 5.41) is 13.7. The maximum atomic E-state index is 9.11. The van der Waals surface area contributed by atoms with Gasteiger partial charge >= 0.3 is 0 Å². The predicted octanol–water partition coefficient (Wildman–Crippen LogP) is 2.71. The summed E-state index contributed by atoms with van der Waals surface area (Å²) < 4.78 is 3.87. The molecule has 2 heterocycles. The summed E-state index contributed by atoms with van der Waals surface area (Å²) in [6.45, 7) is 5.14. The normalized spacial score (nSPS) is 11.3. The van der Waals surface area contributed by atoms with E-state index in [0.717, 1.165) is 29.3 Å². The molecule has 0 atom stereocenters. The van der Waals surface area contributed by atoms with Crippen LogP contribution in [-0.2, 0) is 13.0 Å². The van der Waals surface area contributed by atoms with Gasteiger partial charge < -0.3 is 9.67 Å². The van der Waals surface area contributed by atoms with Gasteiger partial charge in [0.15, 0.2) is 11.6 Å². The van der Waals surface area contributed by atoms with E-state index in [1.54, 1.807) is 12.5 Å². The summed E-state index contributed by atoms with van der Waals surface area (Å²) in [5.74, 6) is 2.23. The van der Waals surface area contributed by atoms with Crippen LogP contribution in [0.3, 0.4) is 0 Å². The van der Waals surface area contributed by atoms with Crippen LogP contribution in [0.15, 0.2) is 43.0 Å². The highest BCUT2D eigenvalue weighted by atomic mass is 16.3. The van der Waals surface area contributed by atoms with E-state index in [1.807, 2.05) is 39.7 Å². The fourth-order valence-electron chi connectivity index (χ4n) is 2.63. The largest absolute Gasteiger partial charge is 0.396 e. The first-order valence-corrected chi connectivity index (χ1v) is 8.30. The number of aliphatic hydroxyl groups excluding tert-OH is 1. The molecule has 1 aromatic carbocycles. The van der Waals surface area contributed by atoms with E-state index in [2.05, 4.69) is 23.9 Å². The van der Waals surface area contributed by atoms with Gasteiger partial charge in [-0.15, -0.1) is 0 Å². The first-order chi connectivity index (χ1) is 11.7. The van der Waals surface area contributed by atoms with Gasteiger partial charge in [0.05, 0.1) is 6.33 Å². The van der Waals surface area contributed by atoms with Gasteiger partial charge in [0.25, 0.3) is 0 Å². The summed E-state index contributed by atoms with van der Waals surface area (Å²) in [7, 11) is 0. The van der Waals surface area contributed by atoms with Gasteiger partial charge in [-0.1, -0.05) is 13.8 Å². The smallest absolute Gasteiger partial charge is 0.158 e. The van der Waals surface area contributed by atoms with Crippen LogP contribution < -0.4 is 0 Å². The van der Waals surface area contributed by atoms with Gasteiger partial charge in [0, 0.05) is 43.2 Å². The Morgan fingerprint density at radius 3 is 2.58 bits per heavy atom. The molecular formula is C18H23N5O. The Labute approximate surface area is 141 Å². The first kappa shape index (κ1) is 16.4. The molecular weight excluding hydrogens is 302 g/mol. The quantitative estimate of drug-likeness (QED) is 0.725. The number of imidazole rings is 1. The summed E-state index contributed by atoms with van der Waals surface area (Å²) in [4.78, 5) is 8.79. The van der Waals surface area contributed by atoms with Crippen LogP contribution in [0.2, 0.25) is 0 Å².